The first-order chi connectivity index (χ1) is 9.85. The molecule has 1 rings (SSSR count). The smallest absolute Gasteiger partial charge is 0.251 e. The number of amides is 3. The van der Waals surface area contributed by atoms with Crippen LogP contribution >= 0.6 is 0 Å². The molecule has 0 aliphatic rings. The molecule has 1 unspecified atom stereocenters. The highest BCUT2D eigenvalue weighted by atomic mass is 16.2. The molecular weight excluding hydrogens is 270 g/mol. The monoisotopic (exact) mass is 291 g/mol. The van der Waals surface area contributed by atoms with E-state index in [9.17, 15) is 14.4 Å². The van der Waals surface area contributed by atoms with E-state index in [1.807, 2.05) is 13.8 Å². The van der Waals surface area contributed by atoms with Crippen LogP contribution in [0.3, 0.4) is 0 Å². The minimum atomic E-state index is -0.596. The summed E-state index contributed by atoms with van der Waals surface area (Å²) in [6, 6.07) is 5.94. The number of benzene rings is 1. The first-order valence-electron chi connectivity index (χ1n) is 6.75. The molecule has 0 aliphatic heterocycles. The Hall–Kier alpha value is -2.37. The Morgan fingerprint density at radius 2 is 1.62 bits per heavy atom. The van der Waals surface area contributed by atoms with Gasteiger partial charge in [-0.1, -0.05) is 13.8 Å². The molecule has 3 amide bonds. The minimum Gasteiger partial charge on any atom is -0.355 e. The van der Waals surface area contributed by atoms with E-state index in [2.05, 4.69) is 16.0 Å². The quantitative estimate of drug-likeness (QED) is 0.760. The second-order valence-corrected chi connectivity index (χ2v) is 5.07. The van der Waals surface area contributed by atoms with Crippen molar-refractivity contribution in [3.05, 3.63) is 29.8 Å². The normalized spacial score (nSPS) is 11.7. The second-order valence-electron chi connectivity index (χ2n) is 5.07. The van der Waals surface area contributed by atoms with Gasteiger partial charge in [0.1, 0.15) is 6.04 Å². The van der Waals surface area contributed by atoms with E-state index < -0.39 is 6.04 Å². The lowest BCUT2D eigenvalue weighted by atomic mass is 10.0. The van der Waals surface area contributed by atoms with Crippen molar-refractivity contribution in [2.75, 3.05) is 12.4 Å². The molecule has 0 radical (unpaired) electrons. The maximum atomic E-state index is 12.2. The first-order valence-corrected chi connectivity index (χ1v) is 6.75. The third kappa shape index (κ3) is 4.91. The fraction of sp³-hybridized carbons (Fsp3) is 0.400. The van der Waals surface area contributed by atoms with Crippen molar-refractivity contribution in [3.63, 3.8) is 0 Å². The molecule has 3 N–H and O–H groups in total. The Morgan fingerprint density at radius 3 is 2.05 bits per heavy atom. The maximum Gasteiger partial charge on any atom is 0.251 e. The standard InChI is InChI=1S/C15H21N3O3/c1-9(2)13(17-10(3)19)15(21)18-12-7-5-11(6-8-12)14(20)16-4/h5-9,13H,1-4H3,(H,16,20)(H,17,19)(H,18,21). The summed E-state index contributed by atoms with van der Waals surface area (Å²) in [5.74, 6) is -0.753. The van der Waals surface area contributed by atoms with Gasteiger partial charge in [-0.05, 0) is 30.2 Å². The van der Waals surface area contributed by atoms with Crippen molar-refractivity contribution < 1.29 is 14.4 Å². The zero-order chi connectivity index (χ0) is 16.0. The van der Waals surface area contributed by atoms with Crippen LogP contribution in [0.5, 0.6) is 0 Å². The van der Waals surface area contributed by atoms with Crippen LogP contribution in [0.1, 0.15) is 31.1 Å². The first kappa shape index (κ1) is 16.7. The van der Waals surface area contributed by atoms with Crippen LogP contribution in [0.25, 0.3) is 0 Å². The summed E-state index contributed by atoms with van der Waals surface area (Å²) in [5.41, 5.74) is 1.08. The van der Waals surface area contributed by atoms with E-state index in [4.69, 9.17) is 0 Å². The average molecular weight is 291 g/mol. The van der Waals surface area contributed by atoms with E-state index in [0.717, 1.165) is 0 Å². The van der Waals surface area contributed by atoms with Crippen molar-refractivity contribution in [2.24, 2.45) is 5.92 Å². The van der Waals surface area contributed by atoms with Crippen LogP contribution in [0, 0.1) is 5.92 Å². The molecule has 0 spiro atoms. The van der Waals surface area contributed by atoms with Gasteiger partial charge >= 0.3 is 0 Å². The summed E-state index contributed by atoms with van der Waals surface area (Å²) >= 11 is 0. The molecule has 6 nitrogen and oxygen atoms in total. The highest BCUT2D eigenvalue weighted by molar-refractivity contribution is 5.98. The number of nitrogens with one attached hydrogen (secondary N) is 3. The molecule has 1 aromatic carbocycles. The van der Waals surface area contributed by atoms with Crippen LogP contribution in [0.15, 0.2) is 24.3 Å². The molecule has 1 aromatic rings. The largest absolute Gasteiger partial charge is 0.355 e. The van der Waals surface area contributed by atoms with Crippen molar-refractivity contribution in [1.82, 2.24) is 10.6 Å². The number of carbonyl (C=O) groups is 3. The molecule has 21 heavy (non-hydrogen) atoms. The van der Waals surface area contributed by atoms with Crippen molar-refractivity contribution >= 4 is 23.4 Å². The highest BCUT2D eigenvalue weighted by Gasteiger charge is 2.22. The molecule has 0 fully saturated rings. The molecule has 0 saturated heterocycles. The number of carbonyl (C=O) groups excluding carboxylic acids is 3. The van der Waals surface area contributed by atoms with Crippen LogP contribution in [-0.2, 0) is 9.59 Å². The molecule has 0 saturated carbocycles. The van der Waals surface area contributed by atoms with Crippen molar-refractivity contribution in [3.8, 4) is 0 Å². The lowest BCUT2D eigenvalue weighted by molar-refractivity contribution is -0.126. The SMILES string of the molecule is CNC(=O)c1ccc(NC(=O)C(NC(C)=O)C(C)C)cc1. The lowest BCUT2D eigenvalue weighted by Crippen LogP contribution is -2.46. The van der Waals surface area contributed by atoms with Gasteiger partial charge in [-0.15, -0.1) is 0 Å². The highest BCUT2D eigenvalue weighted by Crippen LogP contribution is 2.12. The van der Waals surface area contributed by atoms with E-state index in [1.165, 1.54) is 6.92 Å². The second kappa shape index (κ2) is 7.42. The number of hydrogen-bond donors (Lipinski definition) is 3. The van der Waals surface area contributed by atoms with Gasteiger partial charge in [0.05, 0.1) is 0 Å². The van der Waals surface area contributed by atoms with Gasteiger partial charge in [-0.3, -0.25) is 14.4 Å². The van der Waals surface area contributed by atoms with Gasteiger partial charge in [0.2, 0.25) is 11.8 Å². The zero-order valence-electron chi connectivity index (χ0n) is 12.7. The number of hydrogen-bond acceptors (Lipinski definition) is 3. The summed E-state index contributed by atoms with van der Waals surface area (Å²) in [6.45, 7) is 5.09. The summed E-state index contributed by atoms with van der Waals surface area (Å²) in [7, 11) is 1.55. The van der Waals surface area contributed by atoms with Gasteiger partial charge in [0.15, 0.2) is 0 Å². The molecule has 0 aromatic heterocycles. The fourth-order valence-corrected chi connectivity index (χ4v) is 1.82. The Balaban J connectivity index is 2.77. The van der Waals surface area contributed by atoms with Crippen LogP contribution in [0.2, 0.25) is 0 Å². The van der Waals surface area contributed by atoms with E-state index in [0.29, 0.717) is 11.3 Å². The third-order valence-corrected chi connectivity index (χ3v) is 2.95. The molecular formula is C15H21N3O3. The topological polar surface area (TPSA) is 87.3 Å². The van der Waals surface area contributed by atoms with E-state index in [1.54, 1.807) is 31.3 Å². The van der Waals surface area contributed by atoms with Crippen LogP contribution in [-0.4, -0.2) is 30.8 Å². The van der Waals surface area contributed by atoms with Crippen LogP contribution < -0.4 is 16.0 Å². The molecule has 6 heteroatoms. The van der Waals surface area contributed by atoms with Gasteiger partial charge in [0, 0.05) is 25.2 Å². The van der Waals surface area contributed by atoms with E-state index in [-0.39, 0.29) is 23.6 Å². The predicted molar refractivity (Wildman–Crippen MR) is 80.9 cm³/mol. The van der Waals surface area contributed by atoms with E-state index >= 15 is 0 Å². The van der Waals surface area contributed by atoms with Gasteiger partial charge in [0.25, 0.3) is 5.91 Å². The van der Waals surface area contributed by atoms with Crippen molar-refractivity contribution in [2.45, 2.75) is 26.8 Å². The predicted octanol–water partition coefficient (Wildman–Crippen LogP) is 1.15. The summed E-state index contributed by atoms with van der Waals surface area (Å²) in [5, 5.41) is 7.87. The molecule has 0 aliphatic carbocycles. The Kier molecular flexibility index (Phi) is 5.90. The zero-order valence-corrected chi connectivity index (χ0v) is 12.7. The molecule has 0 bridgehead atoms. The Labute approximate surface area is 124 Å². The summed E-state index contributed by atoms with van der Waals surface area (Å²) in [6.07, 6.45) is 0. The summed E-state index contributed by atoms with van der Waals surface area (Å²) < 4.78 is 0. The minimum absolute atomic E-state index is 0.0287. The average Bonchev–Trinajstić information content (AvgIpc) is 2.44. The number of anilines is 1. The molecule has 1 atom stereocenters. The summed E-state index contributed by atoms with van der Waals surface area (Å²) in [4.78, 5) is 34.7. The Morgan fingerprint density at radius 1 is 1.05 bits per heavy atom. The fourth-order valence-electron chi connectivity index (χ4n) is 1.82. The lowest BCUT2D eigenvalue weighted by Gasteiger charge is -2.21. The molecule has 0 heterocycles. The Bertz CT molecular complexity index is 523. The maximum absolute atomic E-state index is 12.2. The molecule has 114 valence electrons. The third-order valence-electron chi connectivity index (χ3n) is 2.95. The van der Waals surface area contributed by atoms with Crippen molar-refractivity contribution in [1.29, 1.82) is 0 Å². The van der Waals surface area contributed by atoms with Crippen LogP contribution in [0.4, 0.5) is 5.69 Å². The van der Waals surface area contributed by atoms with Gasteiger partial charge in [-0.2, -0.15) is 0 Å². The van der Waals surface area contributed by atoms with Gasteiger partial charge in [-0.25, -0.2) is 0 Å². The number of rotatable bonds is 5. The van der Waals surface area contributed by atoms with Gasteiger partial charge < -0.3 is 16.0 Å².